The summed E-state index contributed by atoms with van der Waals surface area (Å²) in [6, 6.07) is 6.16. The number of nitrogens with zero attached hydrogens (tertiary/aromatic N) is 2. The van der Waals surface area contributed by atoms with E-state index in [9.17, 15) is 18.0 Å². The fourth-order valence-corrected chi connectivity index (χ4v) is 1.85. The van der Waals surface area contributed by atoms with Crippen molar-refractivity contribution in [1.29, 1.82) is 0 Å². The van der Waals surface area contributed by atoms with Crippen LogP contribution in [0.1, 0.15) is 32.9 Å². The summed E-state index contributed by atoms with van der Waals surface area (Å²) in [6.07, 6.45) is -4.57. The Morgan fingerprint density at radius 3 is 2.35 bits per heavy atom. The normalized spacial score (nSPS) is 11.4. The zero-order valence-electron chi connectivity index (χ0n) is 10.8. The molecular weight excluding hydrogens is 269 g/mol. The first kappa shape index (κ1) is 14.2. The number of benzene rings is 1. The van der Waals surface area contributed by atoms with Gasteiger partial charge in [-0.05, 0) is 26.0 Å². The summed E-state index contributed by atoms with van der Waals surface area (Å²) < 4.78 is 38.8. The number of ketones is 1. The highest BCUT2D eigenvalue weighted by molar-refractivity contribution is 6.10. The van der Waals surface area contributed by atoms with Crippen LogP contribution in [0.5, 0.6) is 0 Å². The quantitative estimate of drug-likeness (QED) is 0.792. The van der Waals surface area contributed by atoms with Gasteiger partial charge < -0.3 is 0 Å². The van der Waals surface area contributed by atoms with E-state index in [4.69, 9.17) is 0 Å². The van der Waals surface area contributed by atoms with E-state index < -0.39 is 17.5 Å². The molecule has 0 amide bonds. The minimum Gasteiger partial charge on any atom is -0.289 e. The molecule has 0 unspecified atom stereocenters. The van der Waals surface area contributed by atoms with Gasteiger partial charge in [0.25, 0.3) is 0 Å². The van der Waals surface area contributed by atoms with Crippen LogP contribution in [0.4, 0.5) is 13.2 Å². The summed E-state index contributed by atoms with van der Waals surface area (Å²) in [5, 5.41) is 7.53. The van der Waals surface area contributed by atoms with E-state index >= 15 is 0 Å². The second-order valence-electron chi connectivity index (χ2n) is 4.36. The molecule has 0 fully saturated rings. The molecule has 0 aliphatic heterocycles. The Balaban J connectivity index is 2.57. The lowest BCUT2D eigenvalue weighted by atomic mass is 9.97. The molecule has 104 valence electrons. The van der Waals surface area contributed by atoms with Gasteiger partial charge in [-0.2, -0.15) is 23.4 Å². The molecule has 0 saturated heterocycles. The summed E-state index contributed by atoms with van der Waals surface area (Å²) in [5.74, 6) is -0.701. The average molecular weight is 280 g/mol. The maximum absolute atomic E-state index is 12.9. The molecule has 3 nitrogen and oxygen atoms in total. The molecule has 1 aromatic carbocycles. The van der Waals surface area contributed by atoms with Gasteiger partial charge in [0.2, 0.25) is 0 Å². The number of aryl methyl sites for hydroxylation is 2. The molecule has 0 atom stereocenters. The molecular formula is C14H11F3N2O. The van der Waals surface area contributed by atoms with Crippen molar-refractivity contribution >= 4 is 5.78 Å². The van der Waals surface area contributed by atoms with Crippen LogP contribution >= 0.6 is 0 Å². The molecule has 6 heteroatoms. The molecule has 0 spiro atoms. The van der Waals surface area contributed by atoms with E-state index in [1.54, 1.807) is 6.92 Å². The number of carbonyl (C=O) groups is 1. The summed E-state index contributed by atoms with van der Waals surface area (Å²) >= 11 is 0. The first-order chi connectivity index (χ1) is 9.30. The maximum atomic E-state index is 12.9. The van der Waals surface area contributed by atoms with Crippen LogP contribution in [-0.2, 0) is 6.18 Å². The molecule has 0 saturated carbocycles. The Hall–Kier alpha value is -2.24. The van der Waals surface area contributed by atoms with Crippen LogP contribution in [0.25, 0.3) is 0 Å². The van der Waals surface area contributed by atoms with Gasteiger partial charge in [0.05, 0.1) is 17.0 Å². The second kappa shape index (κ2) is 5.03. The zero-order chi connectivity index (χ0) is 14.9. The first-order valence-corrected chi connectivity index (χ1v) is 5.82. The summed E-state index contributed by atoms with van der Waals surface area (Å²) in [7, 11) is 0. The van der Waals surface area contributed by atoms with Gasteiger partial charge in [-0.3, -0.25) is 4.79 Å². The van der Waals surface area contributed by atoms with Gasteiger partial charge in [-0.25, -0.2) is 0 Å². The van der Waals surface area contributed by atoms with Crippen molar-refractivity contribution in [3.05, 3.63) is 58.4 Å². The number of aromatic nitrogens is 2. The van der Waals surface area contributed by atoms with Gasteiger partial charge >= 0.3 is 6.18 Å². The predicted octanol–water partition coefficient (Wildman–Crippen LogP) is 3.34. The Labute approximate surface area is 113 Å². The van der Waals surface area contributed by atoms with Crippen LogP contribution < -0.4 is 0 Å². The van der Waals surface area contributed by atoms with Crippen molar-refractivity contribution < 1.29 is 18.0 Å². The van der Waals surface area contributed by atoms with Crippen LogP contribution in [0.3, 0.4) is 0 Å². The van der Waals surface area contributed by atoms with Crippen LogP contribution in [0, 0.1) is 13.8 Å². The molecule has 0 radical (unpaired) electrons. The van der Waals surface area contributed by atoms with Gasteiger partial charge in [0, 0.05) is 11.1 Å². The first-order valence-electron chi connectivity index (χ1n) is 5.82. The number of rotatable bonds is 2. The highest BCUT2D eigenvalue weighted by Crippen LogP contribution is 2.33. The smallest absolute Gasteiger partial charge is 0.289 e. The lowest BCUT2D eigenvalue weighted by Crippen LogP contribution is -2.15. The minimum atomic E-state index is -4.57. The number of hydrogen-bond acceptors (Lipinski definition) is 3. The van der Waals surface area contributed by atoms with Crippen LogP contribution in [0.2, 0.25) is 0 Å². The molecule has 2 rings (SSSR count). The average Bonchev–Trinajstić information content (AvgIpc) is 2.40. The predicted molar refractivity (Wildman–Crippen MR) is 66.4 cm³/mol. The van der Waals surface area contributed by atoms with E-state index in [0.29, 0.717) is 11.4 Å². The van der Waals surface area contributed by atoms with Crippen molar-refractivity contribution in [1.82, 2.24) is 10.2 Å². The summed E-state index contributed by atoms with van der Waals surface area (Å²) in [4.78, 5) is 12.3. The topological polar surface area (TPSA) is 42.9 Å². The third kappa shape index (κ3) is 2.68. The number of alkyl halides is 3. The van der Waals surface area contributed by atoms with Crippen LogP contribution in [0.15, 0.2) is 30.3 Å². The van der Waals surface area contributed by atoms with E-state index in [-0.39, 0.29) is 11.1 Å². The molecule has 0 N–H and O–H groups in total. The van der Waals surface area contributed by atoms with Crippen molar-refractivity contribution in [3.8, 4) is 0 Å². The van der Waals surface area contributed by atoms with Crippen molar-refractivity contribution in [3.63, 3.8) is 0 Å². The van der Waals surface area contributed by atoms with Gasteiger partial charge in [0.15, 0.2) is 5.78 Å². The Bertz CT molecular complexity index is 666. The van der Waals surface area contributed by atoms with Crippen molar-refractivity contribution in [2.45, 2.75) is 20.0 Å². The minimum absolute atomic E-state index is 0.134. The lowest BCUT2D eigenvalue weighted by molar-refractivity contribution is -0.137. The van der Waals surface area contributed by atoms with E-state index in [2.05, 4.69) is 10.2 Å². The number of halogens is 3. The molecule has 1 aromatic heterocycles. The SMILES string of the molecule is Cc1cc(C(=O)c2ccccc2C(F)(F)F)c(C)nn1. The third-order valence-corrected chi connectivity index (χ3v) is 2.82. The number of carbonyl (C=O) groups excluding carboxylic acids is 1. The molecule has 0 bridgehead atoms. The molecule has 1 heterocycles. The number of hydrogen-bond donors (Lipinski definition) is 0. The van der Waals surface area contributed by atoms with Gasteiger partial charge in [-0.15, -0.1) is 0 Å². The Morgan fingerprint density at radius 2 is 1.70 bits per heavy atom. The third-order valence-electron chi connectivity index (χ3n) is 2.82. The monoisotopic (exact) mass is 280 g/mol. The Kier molecular flexibility index (Phi) is 3.57. The van der Waals surface area contributed by atoms with E-state index in [0.717, 1.165) is 6.07 Å². The van der Waals surface area contributed by atoms with Gasteiger partial charge in [0.1, 0.15) is 0 Å². The maximum Gasteiger partial charge on any atom is 0.417 e. The van der Waals surface area contributed by atoms with Crippen LogP contribution in [-0.4, -0.2) is 16.0 Å². The van der Waals surface area contributed by atoms with E-state index in [1.807, 2.05) is 0 Å². The largest absolute Gasteiger partial charge is 0.417 e. The van der Waals surface area contributed by atoms with Crippen molar-refractivity contribution in [2.24, 2.45) is 0 Å². The zero-order valence-corrected chi connectivity index (χ0v) is 10.8. The van der Waals surface area contributed by atoms with E-state index in [1.165, 1.54) is 31.2 Å². The Morgan fingerprint density at radius 1 is 1.05 bits per heavy atom. The second-order valence-corrected chi connectivity index (χ2v) is 4.36. The van der Waals surface area contributed by atoms with Gasteiger partial charge in [-0.1, -0.05) is 18.2 Å². The molecule has 20 heavy (non-hydrogen) atoms. The fraction of sp³-hybridized carbons (Fsp3) is 0.214. The summed E-state index contributed by atoms with van der Waals surface area (Å²) in [5.41, 5.74) is -0.412. The lowest BCUT2D eigenvalue weighted by Gasteiger charge is -2.12. The highest BCUT2D eigenvalue weighted by Gasteiger charge is 2.35. The molecule has 2 aromatic rings. The van der Waals surface area contributed by atoms with Crippen molar-refractivity contribution in [2.75, 3.05) is 0 Å². The summed E-state index contributed by atoms with van der Waals surface area (Å²) in [6.45, 7) is 3.16. The molecule has 0 aliphatic carbocycles. The highest BCUT2D eigenvalue weighted by atomic mass is 19.4. The fourth-order valence-electron chi connectivity index (χ4n) is 1.85. The standard InChI is InChI=1S/C14H11F3N2O/c1-8-7-11(9(2)19-18-8)13(20)10-5-3-4-6-12(10)14(15,16)17/h3-7H,1-2H3. The molecule has 0 aliphatic rings.